The molecule has 0 aliphatic heterocycles. The molecule has 0 N–H and O–H groups in total. The lowest BCUT2D eigenvalue weighted by atomic mass is 10.1. The molecule has 0 spiro atoms. The molecule has 0 saturated heterocycles. The molecule has 0 aliphatic carbocycles. The van der Waals surface area contributed by atoms with Crippen LogP contribution in [0.1, 0.15) is 5.56 Å². The molecule has 2 aromatic carbocycles. The van der Waals surface area contributed by atoms with Crippen LogP contribution in [0.2, 0.25) is 0 Å². The molecule has 2 aromatic heterocycles. The maximum atomic E-state index is 5.53. The van der Waals surface area contributed by atoms with E-state index in [1.807, 2.05) is 83.5 Å². The Kier molecular flexibility index (Phi) is 4.04. The highest BCUT2D eigenvalue weighted by Crippen LogP contribution is 2.27. The van der Waals surface area contributed by atoms with Gasteiger partial charge in [-0.15, -0.1) is 0 Å². The van der Waals surface area contributed by atoms with Gasteiger partial charge in [-0.1, -0.05) is 42.5 Å². The first-order valence-corrected chi connectivity index (χ1v) is 8.13. The van der Waals surface area contributed by atoms with Crippen LogP contribution < -0.4 is 4.90 Å². The van der Waals surface area contributed by atoms with Crippen LogP contribution in [0.5, 0.6) is 0 Å². The van der Waals surface area contributed by atoms with Crippen molar-refractivity contribution in [3.8, 4) is 17.1 Å². The number of hydrogen-bond acceptors (Lipinski definition) is 4. The zero-order valence-electron chi connectivity index (χ0n) is 13.9. The fraction of sp³-hybridized carbons (Fsp3) is 0.100. The molecular formula is C20H18N4O. The molecule has 4 rings (SSSR count). The number of hydrogen-bond donors (Lipinski definition) is 0. The number of benzene rings is 2. The molecule has 0 amide bonds. The average Bonchev–Trinajstić information content (AvgIpc) is 3.35. The van der Waals surface area contributed by atoms with Crippen molar-refractivity contribution in [3.63, 3.8) is 0 Å². The van der Waals surface area contributed by atoms with Crippen molar-refractivity contribution in [1.29, 1.82) is 0 Å². The van der Waals surface area contributed by atoms with Crippen molar-refractivity contribution in [3.05, 3.63) is 84.7 Å². The SMILES string of the molecule is CN(Cc1ccccc1)c1noc(-c2ccccc2-n2cccc2)n1. The van der Waals surface area contributed by atoms with E-state index in [0.29, 0.717) is 11.8 Å². The number of para-hydroxylation sites is 1. The highest BCUT2D eigenvalue weighted by Gasteiger charge is 2.15. The molecular weight excluding hydrogens is 312 g/mol. The van der Waals surface area contributed by atoms with Crippen LogP contribution in [0.15, 0.2) is 83.6 Å². The summed E-state index contributed by atoms with van der Waals surface area (Å²) < 4.78 is 7.57. The normalized spacial score (nSPS) is 10.8. The molecule has 0 fully saturated rings. The molecule has 2 heterocycles. The lowest BCUT2D eigenvalue weighted by Gasteiger charge is -2.13. The number of nitrogens with zero attached hydrogens (tertiary/aromatic N) is 4. The van der Waals surface area contributed by atoms with Gasteiger partial charge in [-0.3, -0.25) is 0 Å². The zero-order valence-corrected chi connectivity index (χ0v) is 13.9. The second-order valence-electron chi connectivity index (χ2n) is 5.85. The zero-order chi connectivity index (χ0) is 17.1. The van der Waals surface area contributed by atoms with E-state index in [1.54, 1.807) is 0 Å². The molecule has 0 atom stereocenters. The number of anilines is 1. The number of rotatable bonds is 5. The summed E-state index contributed by atoms with van der Waals surface area (Å²) in [5, 5.41) is 4.14. The third-order valence-electron chi connectivity index (χ3n) is 4.04. The quantitative estimate of drug-likeness (QED) is 0.551. The minimum absolute atomic E-state index is 0.513. The summed E-state index contributed by atoms with van der Waals surface area (Å²) in [6.07, 6.45) is 4.00. The lowest BCUT2D eigenvalue weighted by Crippen LogP contribution is -2.17. The molecule has 124 valence electrons. The first kappa shape index (κ1) is 15.2. The maximum Gasteiger partial charge on any atom is 0.266 e. The molecule has 0 radical (unpaired) electrons. The Morgan fingerprint density at radius 3 is 2.44 bits per heavy atom. The van der Waals surface area contributed by atoms with Crippen LogP contribution in [0, 0.1) is 0 Å². The Hall–Kier alpha value is -3.34. The van der Waals surface area contributed by atoms with Gasteiger partial charge in [0.05, 0.1) is 11.3 Å². The fourth-order valence-corrected chi connectivity index (χ4v) is 2.78. The van der Waals surface area contributed by atoms with Crippen LogP contribution in [-0.4, -0.2) is 21.8 Å². The molecule has 4 aromatic rings. The second-order valence-corrected chi connectivity index (χ2v) is 5.85. The maximum absolute atomic E-state index is 5.53. The van der Waals surface area contributed by atoms with E-state index in [4.69, 9.17) is 4.52 Å². The molecule has 5 heteroatoms. The fourth-order valence-electron chi connectivity index (χ4n) is 2.78. The van der Waals surface area contributed by atoms with Gasteiger partial charge >= 0.3 is 0 Å². The lowest BCUT2D eigenvalue weighted by molar-refractivity contribution is 0.430. The van der Waals surface area contributed by atoms with Crippen LogP contribution >= 0.6 is 0 Å². The first-order chi connectivity index (χ1) is 12.3. The standard InChI is InChI=1S/C20H18N4O/c1-23(15-16-9-3-2-4-10-16)20-21-19(25-22-20)17-11-5-6-12-18(17)24-13-7-8-14-24/h2-14H,15H2,1H3. The van der Waals surface area contributed by atoms with E-state index in [0.717, 1.165) is 17.8 Å². The van der Waals surface area contributed by atoms with Gasteiger partial charge < -0.3 is 14.0 Å². The topological polar surface area (TPSA) is 47.1 Å². The predicted octanol–water partition coefficient (Wildman–Crippen LogP) is 4.16. The van der Waals surface area contributed by atoms with E-state index >= 15 is 0 Å². The van der Waals surface area contributed by atoms with E-state index in [1.165, 1.54) is 5.56 Å². The largest absolute Gasteiger partial charge is 0.337 e. The average molecular weight is 330 g/mol. The highest BCUT2D eigenvalue weighted by molar-refractivity contribution is 5.66. The minimum atomic E-state index is 0.513. The van der Waals surface area contributed by atoms with Crippen molar-refractivity contribution in [1.82, 2.24) is 14.7 Å². The van der Waals surface area contributed by atoms with Crippen molar-refractivity contribution in [2.45, 2.75) is 6.54 Å². The monoisotopic (exact) mass is 330 g/mol. The van der Waals surface area contributed by atoms with Gasteiger partial charge in [0.2, 0.25) is 0 Å². The number of aromatic nitrogens is 3. The molecule has 0 aliphatic rings. The molecule has 25 heavy (non-hydrogen) atoms. The highest BCUT2D eigenvalue weighted by atomic mass is 16.5. The summed E-state index contributed by atoms with van der Waals surface area (Å²) in [4.78, 5) is 6.55. The Bertz CT molecular complexity index is 945. The van der Waals surface area contributed by atoms with Gasteiger partial charge in [-0.2, -0.15) is 4.98 Å². The van der Waals surface area contributed by atoms with Crippen LogP contribution in [0.4, 0.5) is 5.95 Å². The van der Waals surface area contributed by atoms with Gasteiger partial charge in [0.15, 0.2) is 0 Å². The molecule has 0 bridgehead atoms. The van der Waals surface area contributed by atoms with Crippen molar-refractivity contribution in [2.75, 3.05) is 11.9 Å². The van der Waals surface area contributed by atoms with E-state index < -0.39 is 0 Å². The summed E-state index contributed by atoms with van der Waals surface area (Å²) in [6.45, 7) is 0.721. The first-order valence-electron chi connectivity index (χ1n) is 8.13. The third kappa shape index (κ3) is 3.17. The smallest absolute Gasteiger partial charge is 0.266 e. The minimum Gasteiger partial charge on any atom is -0.337 e. The van der Waals surface area contributed by atoms with Crippen LogP contribution in [-0.2, 0) is 6.54 Å². The van der Waals surface area contributed by atoms with Gasteiger partial charge in [-0.05, 0) is 35.0 Å². The molecule has 0 unspecified atom stereocenters. The van der Waals surface area contributed by atoms with Gasteiger partial charge in [0.1, 0.15) is 0 Å². The van der Waals surface area contributed by atoms with Crippen molar-refractivity contribution >= 4 is 5.95 Å². The van der Waals surface area contributed by atoms with Crippen LogP contribution in [0.3, 0.4) is 0 Å². The summed E-state index contributed by atoms with van der Waals surface area (Å²) in [5.74, 6) is 1.08. The van der Waals surface area contributed by atoms with E-state index in [-0.39, 0.29) is 0 Å². The van der Waals surface area contributed by atoms with E-state index in [2.05, 4.69) is 22.3 Å². The Labute approximate surface area is 146 Å². The summed E-state index contributed by atoms with van der Waals surface area (Å²) in [6, 6.07) is 22.2. The van der Waals surface area contributed by atoms with Gasteiger partial charge in [0.25, 0.3) is 11.8 Å². The summed E-state index contributed by atoms with van der Waals surface area (Å²) >= 11 is 0. The molecule has 0 saturated carbocycles. The van der Waals surface area contributed by atoms with Crippen LogP contribution in [0.25, 0.3) is 17.1 Å². The van der Waals surface area contributed by atoms with Gasteiger partial charge in [-0.25, -0.2) is 0 Å². The third-order valence-corrected chi connectivity index (χ3v) is 4.04. The van der Waals surface area contributed by atoms with E-state index in [9.17, 15) is 0 Å². The second kappa shape index (κ2) is 6.65. The van der Waals surface area contributed by atoms with Crippen molar-refractivity contribution < 1.29 is 4.52 Å². The summed E-state index contributed by atoms with van der Waals surface area (Å²) in [7, 11) is 1.96. The predicted molar refractivity (Wildman–Crippen MR) is 97.6 cm³/mol. The Morgan fingerprint density at radius 1 is 0.920 bits per heavy atom. The summed E-state index contributed by atoms with van der Waals surface area (Å²) in [5.41, 5.74) is 3.11. The van der Waals surface area contributed by atoms with Gasteiger partial charge in [0, 0.05) is 26.0 Å². The Morgan fingerprint density at radius 2 is 1.64 bits per heavy atom. The molecule has 5 nitrogen and oxygen atoms in total. The van der Waals surface area contributed by atoms with Crippen molar-refractivity contribution in [2.24, 2.45) is 0 Å². The Balaban J connectivity index is 1.62.